The summed E-state index contributed by atoms with van der Waals surface area (Å²) >= 11 is 0. The largest absolute Gasteiger partial charge is 0.508 e. The summed E-state index contributed by atoms with van der Waals surface area (Å²) < 4.78 is 13.7. The summed E-state index contributed by atoms with van der Waals surface area (Å²) in [5, 5.41) is 20.6. The molecule has 0 saturated heterocycles. The van der Waals surface area contributed by atoms with E-state index in [-0.39, 0.29) is 22.6 Å². The highest BCUT2D eigenvalue weighted by atomic mass is 19.1. The Morgan fingerprint density at radius 3 is 2.48 bits per heavy atom. The van der Waals surface area contributed by atoms with Gasteiger partial charge in [-0.15, -0.1) is 0 Å². The Labute approximate surface area is 119 Å². The average molecular weight is 289 g/mol. The molecule has 5 nitrogen and oxygen atoms in total. The first kappa shape index (κ1) is 14.5. The first-order chi connectivity index (χ1) is 9.90. The lowest BCUT2D eigenvalue weighted by molar-refractivity contribution is 0.0697. The summed E-state index contributed by atoms with van der Waals surface area (Å²) in [7, 11) is 0. The highest BCUT2D eigenvalue weighted by Crippen LogP contribution is 2.22. The van der Waals surface area contributed by atoms with Crippen LogP contribution in [0.25, 0.3) is 0 Å². The first-order valence-corrected chi connectivity index (χ1v) is 6.03. The zero-order valence-electron chi connectivity index (χ0n) is 11.1. The summed E-state index contributed by atoms with van der Waals surface area (Å²) in [6.07, 6.45) is 0. The van der Waals surface area contributed by atoms with E-state index in [1.54, 1.807) is 6.92 Å². The maximum Gasteiger partial charge on any atom is 0.337 e. The number of halogens is 1. The van der Waals surface area contributed by atoms with Crippen LogP contribution in [0.15, 0.2) is 36.4 Å². The second-order valence-electron chi connectivity index (χ2n) is 4.42. The molecule has 0 unspecified atom stereocenters. The Bertz CT molecular complexity index is 728. The van der Waals surface area contributed by atoms with Gasteiger partial charge in [-0.05, 0) is 42.8 Å². The molecule has 0 atom stereocenters. The summed E-state index contributed by atoms with van der Waals surface area (Å²) in [5.41, 5.74) is -0.0182. The third kappa shape index (κ3) is 3.00. The number of aromatic hydroxyl groups is 1. The number of aryl methyl sites for hydroxylation is 1. The molecule has 0 heterocycles. The Balaban J connectivity index is 2.38. The molecule has 2 aromatic carbocycles. The Hall–Kier alpha value is -2.89. The van der Waals surface area contributed by atoms with Crippen LogP contribution in [0, 0.1) is 12.7 Å². The molecule has 0 aliphatic carbocycles. The maximum atomic E-state index is 13.7. The summed E-state index contributed by atoms with van der Waals surface area (Å²) in [6, 6.07) is 7.59. The number of hydrogen-bond acceptors (Lipinski definition) is 3. The van der Waals surface area contributed by atoms with Crippen LogP contribution < -0.4 is 5.32 Å². The highest BCUT2D eigenvalue weighted by Gasteiger charge is 2.18. The number of hydrogen-bond donors (Lipinski definition) is 3. The summed E-state index contributed by atoms with van der Waals surface area (Å²) in [6.45, 7) is 1.61. The van der Waals surface area contributed by atoms with Crippen molar-refractivity contribution in [2.24, 2.45) is 0 Å². The third-order valence-corrected chi connectivity index (χ3v) is 2.94. The second-order valence-corrected chi connectivity index (χ2v) is 4.42. The molecule has 0 radical (unpaired) electrons. The van der Waals surface area contributed by atoms with Crippen molar-refractivity contribution < 1.29 is 24.2 Å². The van der Waals surface area contributed by atoms with Crippen molar-refractivity contribution >= 4 is 17.6 Å². The Kier molecular flexibility index (Phi) is 3.89. The predicted octanol–water partition coefficient (Wildman–Crippen LogP) is 2.79. The maximum absolute atomic E-state index is 13.7. The van der Waals surface area contributed by atoms with E-state index in [0.717, 1.165) is 6.07 Å². The minimum atomic E-state index is -1.34. The number of rotatable bonds is 3. The van der Waals surface area contributed by atoms with Crippen LogP contribution in [0.1, 0.15) is 26.3 Å². The number of para-hydroxylation sites is 1. The third-order valence-electron chi connectivity index (χ3n) is 2.94. The molecule has 21 heavy (non-hydrogen) atoms. The van der Waals surface area contributed by atoms with E-state index in [2.05, 4.69) is 5.32 Å². The van der Waals surface area contributed by atoms with Gasteiger partial charge in [-0.1, -0.05) is 6.07 Å². The van der Waals surface area contributed by atoms with E-state index < -0.39 is 17.7 Å². The molecular weight excluding hydrogens is 277 g/mol. The van der Waals surface area contributed by atoms with E-state index in [4.69, 9.17) is 5.11 Å². The van der Waals surface area contributed by atoms with E-state index in [0.29, 0.717) is 5.56 Å². The summed E-state index contributed by atoms with van der Waals surface area (Å²) in [4.78, 5) is 23.2. The molecule has 6 heteroatoms. The molecule has 108 valence electrons. The van der Waals surface area contributed by atoms with Crippen LogP contribution in [-0.2, 0) is 0 Å². The van der Waals surface area contributed by atoms with E-state index >= 15 is 0 Å². The molecule has 2 aromatic rings. The van der Waals surface area contributed by atoms with E-state index in [1.807, 2.05) is 0 Å². The number of benzene rings is 2. The van der Waals surface area contributed by atoms with Crippen LogP contribution >= 0.6 is 0 Å². The van der Waals surface area contributed by atoms with Gasteiger partial charge in [0.2, 0.25) is 0 Å². The van der Waals surface area contributed by atoms with Gasteiger partial charge >= 0.3 is 5.97 Å². The Morgan fingerprint density at radius 1 is 1.14 bits per heavy atom. The molecule has 0 aromatic heterocycles. The number of amides is 1. The van der Waals surface area contributed by atoms with Crippen molar-refractivity contribution in [2.75, 3.05) is 5.32 Å². The number of carbonyl (C=O) groups is 2. The van der Waals surface area contributed by atoms with Gasteiger partial charge in [0.25, 0.3) is 5.91 Å². The second kappa shape index (κ2) is 5.62. The van der Waals surface area contributed by atoms with Crippen molar-refractivity contribution in [2.45, 2.75) is 6.92 Å². The minimum Gasteiger partial charge on any atom is -0.508 e. The number of carboxylic acids is 1. The lowest BCUT2D eigenvalue weighted by atomic mass is 10.1. The molecule has 2 rings (SSSR count). The van der Waals surface area contributed by atoms with Crippen LogP contribution in [0.3, 0.4) is 0 Å². The number of aromatic carboxylic acids is 1. The lowest BCUT2D eigenvalue weighted by Gasteiger charge is -2.11. The SMILES string of the molecule is Cc1cc(O)ccc1C(=O)Nc1c(F)cccc1C(=O)O. The highest BCUT2D eigenvalue weighted by molar-refractivity contribution is 6.08. The molecule has 0 spiro atoms. The van der Waals surface area contributed by atoms with Gasteiger partial charge in [0.05, 0.1) is 11.3 Å². The number of nitrogens with one attached hydrogen (secondary N) is 1. The fourth-order valence-electron chi connectivity index (χ4n) is 1.91. The molecule has 0 aliphatic rings. The quantitative estimate of drug-likeness (QED) is 0.811. The van der Waals surface area contributed by atoms with Crippen molar-refractivity contribution in [3.05, 3.63) is 58.9 Å². The van der Waals surface area contributed by atoms with Gasteiger partial charge in [0.1, 0.15) is 11.6 Å². The van der Waals surface area contributed by atoms with Gasteiger partial charge in [-0.2, -0.15) is 0 Å². The fraction of sp³-hybridized carbons (Fsp3) is 0.0667. The fourth-order valence-corrected chi connectivity index (χ4v) is 1.91. The van der Waals surface area contributed by atoms with Gasteiger partial charge in [0.15, 0.2) is 0 Å². The number of phenols is 1. The number of phenolic OH excluding ortho intramolecular Hbond substituents is 1. The van der Waals surface area contributed by atoms with Crippen molar-refractivity contribution in [3.63, 3.8) is 0 Å². The molecule has 3 N–H and O–H groups in total. The van der Waals surface area contributed by atoms with Crippen molar-refractivity contribution in [1.82, 2.24) is 0 Å². The van der Waals surface area contributed by atoms with Gasteiger partial charge in [0, 0.05) is 5.56 Å². The van der Waals surface area contributed by atoms with Gasteiger partial charge in [-0.25, -0.2) is 9.18 Å². The van der Waals surface area contributed by atoms with Gasteiger partial charge < -0.3 is 15.5 Å². The monoisotopic (exact) mass is 289 g/mol. The number of carboxylic acid groups (broad SMARTS) is 1. The number of anilines is 1. The molecule has 0 bridgehead atoms. The molecular formula is C15H12FNO4. The first-order valence-electron chi connectivity index (χ1n) is 6.03. The molecule has 0 aliphatic heterocycles. The summed E-state index contributed by atoms with van der Waals surface area (Å²) in [5.74, 6) is -2.83. The average Bonchev–Trinajstić information content (AvgIpc) is 2.40. The standard InChI is InChI=1S/C15H12FNO4/c1-8-7-9(18)5-6-10(8)14(19)17-13-11(15(20)21)3-2-4-12(13)16/h2-7,18H,1H3,(H,17,19)(H,20,21). The zero-order chi connectivity index (χ0) is 15.6. The van der Waals surface area contributed by atoms with E-state index in [9.17, 15) is 19.1 Å². The van der Waals surface area contributed by atoms with Crippen LogP contribution in [0.2, 0.25) is 0 Å². The number of carbonyl (C=O) groups excluding carboxylic acids is 1. The topological polar surface area (TPSA) is 86.6 Å². The van der Waals surface area contributed by atoms with Crippen LogP contribution in [0.4, 0.5) is 10.1 Å². The molecule has 0 fully saturated rings. The normalized spacial score (nSPS) is 10.2. The Morgan fingerprint density at radius 2 is 1.86 bits per heavy atom. The predicted molar refractivity (Wildman–Crippen MR) is 74.2 cm³/mol. The smallest absolute Gasteiger partial charge is 0.337 e. The van der Waals surface area contributed by atoms with Crippen molar-refractivity contribution in [3.8, 4) is 5.75 Å². The van der Waals surface area contributed by atoms with Gasteiger partial charge in [-0.3, -0.25) is 4.79 Å². The van der Waals surface area contributed by atoms with Crippen molar-refractivity contribution in [1.29, 1.82) is 0 Å². The van der Waals surface area contributed by atoms with E-state index in [1.165, 1.54) is 30.3 Å². The molecule has 1 amide bonds. The van der Waals surface area contributed by atoms with Crippen LogP contribution in [-0.4, -0.2) is 22.1 Å². The minimum absolute atomic E-state index is 0.00108. The molecule has 0 saturated carbocycles. The lowest BCUT2D eigenvalue weighted by Crippen LogP contribution is -2.17. The van der Waals surface area contributed by atoms with Crippen LogP contribution in [0.5, 0.6) is 5.75 Å². The zero-order valence-corrected chi connectivity index (χ0v) is 11.1.